The van der Waals surface area contributed by atoms with Crippen molar-refractivity contribution in [2.24, 2.45) is 5.92 Å². The zero-order chi connectivity index (χ0) is 8.85. The first-order valence-electron chi connectivity index (χ1n) is 4.05. The van der Waals surface area contributed by atoms with Crippen molar-refractivity contribution >= 4 is 0 Å². The second-order valence-electron chi connectivity index (χ2n) is 3.31. The Labute approximate surface area is 70.3 Å². The first-order valence-corrected chi connectivity index (χ1v) is 4.05. The Bertz CT molecular complexity index is 170. The van der Waals surface area contributed by atoms with Crippen molar-refractivity contribution in [1.29, 1.82) is 0 Å². The van der Waals surface area contributed by atoms with Gasteiger partial charge < -0.3 is 0 Å². The van der Waals surface area contributed by atoms with Crippen molar-refractivity contribution < 1.29 is 0 Å². The van der Waals surface area contributed by atoms with E-state index in [1.807, 2.05) is 19.1 Å². The number of rotatable bonds is 4. The van der Waals surface area contributed by atoms with Crippen LogP contribution in [0.1, 0.15) is 27.2 Å². The Hall–Kier alpha value is -0.780. The SMILES string of the molecule is C=C/C=C(/CC(C)C)C(=C)C. The molecule has 0 aromatic heterocycles. The maximum Gasteiger partial charge on any atom is -0.0253 e. The second kappa shape index (κ2) is 4.95. The Morgan fingerprint density at radius 1 is 1.45 bits per heavy atom. The summed E-state index contributed by atoms with van der Waals surface area (Å²) in [6, 6.07) is 0. The van der Waals surface area contributed by atoms with E-state index in [0.717, 1.165) is 12.0 Å². The molecular weight excluding hydrogens is 132 g/mol. The van der Waals surface area contributed by atoms with Gasteiger partial charge in [-0.15, -0.1) is 0 Å². The van der Waals surface area contributed by atoms with Crippen LogP contribution in [-0.4, -0.2) is 0 Å². The smallest absolute Gasteiger partial charge is 0.0253 e. The van der Waals surface area contributed by atoms with Gasteiger partial charge in [0.1, 0.15) is 0 Å². The van der Waals surface area contributed by atoms with Gasteiger partial charge in [-0.2, -0.15) is 0 Å². The molecule has 0 spiro atoms. The first kappa shape index (κ1) is 10.2. The van der Waals surface area contributed by atoms with Crippen LogP contribution in [0.2, 0.25) is 0 Å². The molecule has 0 N–H and O–H groups in total. The standard InChI is InChI=1S/C11H18/c1-6-7-11(10(4)5)8-9(2)3/h6-7,9H,1,4,8H2,2-3,5H3/b11-7-. The van der Waals surface area contributed by atoms with Gasteiger partial charge in [-0.25, -0.2) is 0 Å². The molecule has 0 fully saturated rings. The molecular formula is C11H18. The molecule has 0 aliphatic heterocycles. The van der Waals surface area contributed by atoms with Crippen LogP contribution in [0, 0.1) is 5.92 Å². The van der Waals surface area contributed by atoms with Crippen LogP contribution in [0.25, 0.3) is 0 Å². The van der Waals surface area contributed by atoms with Crippen molar-refractivity contribution in [2.75, 3.05) is 0 Å². The highest BCUT2D eigenvalue weighted by Crippen LogP contribution is 2.17. The summed E-state index contributed by atoms with van der Waals surface area (Å²) < 4.78 is 0. The molecule has 0 saturated heterocycles. The third-order valence-corrected chi connectivity index (χ3v) is 1.50. The molecule has 0 nitrogen and oxygen atoms in total. The fraction of sp³-hybridized carbons (Fsp3) is 0.455. The van der Waals surface area contributed by atoms with Crippen molar-refractivity contribution in [3.8, 4) is 0 Å². The summed E-state index contributed by atoms with van der Waals surface area (Å²) in [6.07, 6.45) is 4.97. The molecule has 0 heteroatoms. The van der Waals surface area contributed by atoms with Crippen LogP contribution in [0.15, 0.2) is 36.5 Å². The van der Waals surface area contributed by atoms with Crippen LogP contribution >= 0.6 is 0 Å². The molecule has 0 aromatic rings. The van der Waals surface area contributed by atoms with Gasteiger partial charge in [0.2, 0.25) is 0 Å². The molecule has 0 bridgehead atoms. The van der Waals surface area contributed by atoms with E-state index >= 15 is 0 Å². The quantitative estimate of drug-likeness (QED) is 0.536. The van der Waals surface area contributed by atoms with E-state index in [1.54, 1.807) is 0 Å². The van der Waals surface area contributed by atoms with Crippen molar-refractivity contribution in [3.05, 3.63) is 36.5 Å². The maximum atomic E-state index is 3.91. The van der Waals surface area contributed by atoms with Crippen LogP contribution < -0.4 is 0 Å². The Morgan fingerprint density at radius 2 is 2.00 bits per heavy atom. The molecule has 0 aromatic carbocycles. The maximum absolute atomic E-state index is 3.91. The van der Waals surface area contributed by atoms with E-state index in [1.165, 1.54) is 5.57 Å². The summed E-state index contributed by atoms with van der Waals surface area (Å²) in [7, 11) is 0. The Morgan fingerprint density at radius 3 is 2.27 bits per heavy atom. The van der Waals surface area contributed by atoms with Crippen molar-refractivity contribution in [1.82, 2.24) is 0 Å². The van der Waals surface area contributed by atoms with Gasteiger partial charge in [0.25, 0.3) is 0 Å². The summed E-state index contributed by atoms with van der Waals surface area (Å²) in [5.41, 5.74) is 2.47. The Balaban J connectivity index is 4.23. The van der Waals surface area contributed by atoms with Gasteiger partial charge in [0, 0.05) is 0 Å². The predicted octanol–water partition coefficient (Wildman–Crippen LogP) is 3.72. The fourth-order valence-electron chi connectivity index (χ4n) is 0.967. The minimum absolute atomic E-state index is 0.692. The molecule has 0 atom stereocenters. The van der Waals surface area contributed by atoms with Gasteiger partial charge >= 0.3 is 0 Å². The molecule has 0 unspecified atom stereocenters. The summed E-state index contributed by atoms with van der Waals surface area (Å²) in [6.45, 7) is 14.0. The lowest BCUT2D eigenvalue weighted by Crippen LogP contribution is -1.91. The minimum atomic E-state index is 0.692. The van der Waals surface area contributed by atoms with E-state index in [9.17, 15) is 0 Å². The fourth-order valence-corrected chi connectivity index (χ4v) is 0.967. The average molecular weight is 150 g/mol. The summed E-state index contributed by atoms with van der Waals surface area (Å²) in [4.78, 5) is 0. The molecule has 0 saturated carbocycles. The lowest BCUT2D eigenvalue weighted by atomic mass is 9.98. The second-order valence-corrected chi connectivity index (χ2v) is 3.31. The summed E-state index contributed by atoms with van der Waals surface area (Å²) in [5.74, 6) is 0.692. The number of hydrogen-bond acceptors (Lipinski definition) is 0. The lowest BCUT2D eigenvalue weighted by Gasteiger charge is -2.08. The van der Waals surface area contributed by atoms with Gasteiger partial charge in [-0.3, -0.25) is 0 Å². The summed E-state index contributed by atoms with van der Waals surface area (Å²) >= 11 is 0. The largest absolute Gasteiger partial charge is 0.0991 e. The summed E-state index contributed by atoms with van der Waals surface area (Å²) in [5, 5.41) is 0. The van der Waals surface area contributed by atoms with Crippen LogP contribution in [0.5, 0.6) is 0 Å². The van der Waals surface area contributed by atoms with Gasteiger partial charge in [0.15, 0.2) is 0 Å². The highest BCUT2D eigenvalue weighted by atomic mass is 14.1. The molecule has 62 valence electrons. The molecule has 0 rings (SSSR count). The molecule has 0 heterocycles. The van der Waals surface area contributed by atoms with E-state index in [4.69, 9.17) is 0 Å². The number of hydrogen-bond donors (Lipinski definition) is 0. The Kier molecular flexibility index (Phi) is 4.60. The highest BCUT2D eigenvalue weighted by Gasteiger charge is 1.99. The van der Waals surface area contributed by atoms with Gasteiger partial charge in [-0.05, 0) is 24.8 Å². The molecule has 0 aliphatic carbocycles. The monoisotopic (exact) mass is 150 g/mol. The molecule has 0 aliphatic rings. The lowest BCUT2D eigenvalue weighted by molar-refractivity contribution is 0.646. The van der Waals surface area contributed by atoms with Gasteiger partial charge in [-0.1, -0.05) is 44.7 Å². The predicted molar refractivity (Wildman–Crippen MR) is 52.5 cm³/mol. The zero-order valence-corrected chi connectivity index (χ0v) is 7.85. The highest BCUT2D eigenvalue weighted by molar-refractivity contribution is 5.29. The van der Waals surface area contributed by atoms with E-state index in [-0.39, 0.29) is 0 Å². The van der Waals surface area contributed by atoms with E-state index < -0.39 is 0 Å². The molecule has 0 radical (unpaired) electrons. The molecule has 0 amide bonds. The number of allylic oxidation sites excluding steroid dienone is 4. The third-order valence-electron chi connectivity index (χ3n) is 1.50. The molecule has 11 heavy (non-hydrogen) atoms. The minimum Gasteiger partial charge on any atom is -0.0991 e. The zero-order valence-electron chi connectivity index (χ0n) is 7.85. The van der Waals surface area contributed by atoms with E-state index in [2.05, 4.69) is 27.0 Å². The van der Waals surface area contributed by atoms with Crippen LogP contribution in [-0.2, 0) is 0 Å². The van der Waals surface area contributed by atoms with Crippen LogP contribution in [0.3, 0.4) is 0 Å². The topological polar surface area (TPSA) is 0 Å². The van der Waals surface area contributed by atoms with Gasteiger partial charge in [0.05, 0.1) is 0 Å². The van der Waals surface area contributed by atoms with Crippen LogP contribution in [0.4, 0.5) is 0 Å². The third kappa shape index (κ3) is 4.60. The first-order chi connectivity index (χ1) is 5.07. The average Bonchev–Trinajstić information content (AvgIpc) is 1.86. The normalized spacial score (nSPS) is 11.8. The van der Waals surface area contributed by atoms with Crippen molar-refractivity contribution in [2.45, 2.75) is 27.2 Å². The van der Waals surface area contributed by atoms with E-state index in [0.29, 0.717) is 5.92 Å². The van der Waals surface area contributed by atoms with Crippen molar-refractivity contribution in [3.63, 3.8) is 0 Å².